The molecule has 0 aromatic carbocycles. The molecule has 0 aromatic heterocycles. The normalized spacial score (nSPS) is 29.0. The number of sulfonamides is 1. The SMILES string of the molecule is CS(=O)(=O)N[C@H]1CC[C@H](CN[N])CC1. The summed E-state index contributed by atoms with van der Waals surface area (Å²) in [5.74, 6) is 8.98. The molecule has 0 atom stereocenters. The van der Waals surface area contributed by atoms with E-state index in [0.717, 1.165) is 25.7 Å². The molecule has 0 amide bonds. The summed E-state index contributed by atoms with van der Waals surface area (Å²) in [7, 11) is -3.07. The van der Waals surface area contributed by atoms with Gasteiger partial charge in [-0.1, -0.05) is 0 Å². The van der Waals surface area contributed by atoms with Gasteiger partial charge in [0.25, 0.3) is 0 Å². The standard InChI is InChI=1S/C8H17N3O2S/c1-14(12,13)11-8-4-2-7(3-5-8)6-10-9/h7-8,10-11H,2-6H2,1H3/t7-,8-. The van der Waals surface area contributed by atoms with Gasteiger partial charge in [0.15, 0.2) is 0 Å². The van der Waals surface area contributed by atoms with E-state index in [2.05, 4.69) is 10.1 Å². The molecule has 6 heteroatoms. The Hall–Kier alpha value is -0.170. The van der Waals surface area contributed by atoms with E-state index >= 15 is 0 Å². The minimum absolute atomic E-state index is 0.0833. The summed E-state index contributed by atoms with van der Waals surface area (Å²) in [6.07, 6.45) is 4.83. The Kier molecular flexibility index (Phi) is 4.31. The molecular formula is C8H17N3O2S. The lowest BCUT2D eigenvalue weighted by Crippen LogP contribution is -2.38. The molecule has 2 N–H and O–H groups in total. The van der Waals surface area contributed by atoms with Crippen molar-refractivity contribution < 1.29 is 8.42 Å². The number of nitrogens with zero attached hydrogens (tertiary/aromatic N) is 1. The van der Waals surface area contributed by atoms with Gasteiger partial charge in [0.1, 0.15) is 0 Å². The topological polar surface area (TPSA) is 80.5 Å². The van der Waals surface area contributed by atoms with Gasteiger partial charge in [-0.15, -0.1) is 0 Å². The molecule has 5 nitrogen and oxygen atoms in total. The molecule has 2 radical (unpaired) electrons. The van der Waals surface area contributed by atoms with Gasteiger partial charge >= 0.3 is 0 Å². The maximum atomic E-state index is 10.9. The van der Waals surface area contributed by atoms with Crippen LogP contribution in [0.1, 0.15) is 25.7 Å². The van der Waals surface area contributed by atoms with Crippen LogP contribution in [0.4, 0.5) is 0 Å². The molecule has 0 saturated heterocycles. The van der Waals surface area contributed by atoms with Crippen molar-refractivity contribution >= 4 is 10.0 Å². The Morgan fingerprint density at radius 2 is 1.86 bits per heavy atom. The van der Waals surface area contributed by atoms with Crippen LogP contribution in [0, 0.1) is 5.92 Å². The average molecular weight is 219 g/mol. The highest BCUT2D eigenvalue weighted by Gasteiger charge is 2.22. The van der Waals surface area contributed by atoms with Gasteiger partial charge in [0.05, 0.1) is 6.26 Å². The highest BCUT2D eigenvalue weighted by Crippen LogP contribution is 2.23. The molecule has 0 bridgehead atoms. The van der Waals surface area contributed by atoms with Crippen molar-refractivity contribution in [2.24, 2.45) is 5.92 Å². The van der Waals surface area contributed by atoms with Crippen molar-refractivity contribution in [2.75, 3.05) is 12.8 Å². The van der Waals surface area contributed by atoms with Crippen LogP contribution in [0.25, 0.3) is 0 Å². The maximum absolute atomic E-state index is 10.9. The second-order valence-corrected chi connectivity index (χ2v) is 5.75. The third kappa shape index (κ3) is 4.36. The molecule has 0 aromatic rings. The molecule has 0 heterocycles. The molecular weight excluding hydrogens is 202 g/mol. The predicted octanol–water partition coefficient (Wildman–Crippen LogP) is -0.332. The molecule has 0 unspecified atom stereocenters. The quantitative estimate of drug-likeness (QED) is 0.635. The first kappa shape index (κ1) is 11.9. The fourth-order valence-corrected chi connectivity index (χ4v) is 2.76. The third-order valence-electron chi connectivity index (χ3n) is 2.61. The molecule has 1 fully saturated rings. The maximum Gasteiger partial charge on any atom is 0.208 e. The molecule has 82 valence electrons. The molecule has 0 spiro atoms. The zero-order valence-corrected chi connectivity index (χ0v) is 9.18. The van der Waals surface area contributed by atoms with Crippen molar-refractivity contribution in [3.63, 3.8) is 0 Å². The lowest BCUT2D eigenvalue weighted by molar-refractivity contribution is 0.303. The number of nitrogens with one attached hydrogen (secondary N) is 2. The minimum Gasteiger partial charge on any atom is -0.221 e. The summed E-state index contributed by atoms with van der Waals surface area (Å²) < 4.78 is 24.5. The van der Waals surface area contributed by atoms with Crippen molar-refractivity contribution in [3.8, 4) is 0 Å². The van der Waals surface area contributed by atoms with Gasteiger partial charge in [0, 0.05) is 12.6 Å². The Balaban J connectivity index is 2.29. The van der Waals surface area contributed by atoms with Gasteiger partial charge in [-0.2, -0.15) is 0 Å². The van der Waals surface area contributed by atoms with E-state index in [-0.39, 0.29) is 6.04 Å². The van der Waals surface area contributed by atoms with Crippen LogP contribution in [-0.2, 0) is 10.0 Å². The van der Waals surface area contributed by atoms with E-state index in [1.165, 1.54) is 6.26 Å². The highest BCUT2D eigenvalue weighted by molar-refractivity contribution is 7.88. The van der Waals surface area contributed by atoms with Gasteiger partial charge in [-0.3, -0.25) is 0 Å². The Morgan fingerprint density at radius 3 is 2.29 bits per heavy atom. The average Bonchev–Trinajstić information content (AvgIpc) is 2.06. The van der Waals surface area contributed by atoms with Crippen molar-refractivity contribution in [1.29, 1.82) is 0 Å². The van der Waals surface area contributed by atoms with Gasteiger partial charge in [-0.25, -0.2) is 18.6 Å². The Labute approximate surface area is 85.5 Å². The largest absolute Gasteiger partial charge is 0.221 e. The Bertz CT molecular complexity index is 258. The molecule has 0 aliphatic heterocycles. The van der Waals surface area contributed by atoms with Gasteiger partial charge < -0.3 is 0 Å². The van der Waals surface area contributed by atoms with Crippen LogP contribution >= 0.6 is 0 Å². The van der Waals surface area contributed by atoms with Crippen molar-refractivity contribution in [2.45, 2.75) is 31.7 Å². The fraction of sp³-hybridized carbons (Fsp3) is 1.00. The fourth-order valence-electron chi connectivity index (χ4n) is 1.92. The molecule has 1 saturated carbocycles. The monoisotopic (exact) mass is 219 g/mol. The van der Waals surface area contributed by atoms with Crippen molar-refractivity contribution in [1.82, 2.24) is 16.0 Å². The predicted molar refractivity (Wildman–Crippen MR) is 53.9 cm³/mol. The first-order chi connectivity index (χ1) is 6.51. The second-order valence-electron chi connectivity index (χ2n) is 3.97. The summed E-state index contributed by atoms with van der Waals surface area (Å²) >= 11 is 0. The van der Waals surface area contributed by atoms with E-state index < -0.39 is 10.0 Å². The van der Waals surface area contributed by atoms with E-state index in [4.69, 9.17) is 5.84 Å². The molecule has 1 rings (SSSR count). The second kappa shape index (κ2) is 5.06. The Morgan fingerprint density at radius 1 is 1.29 bits per heavy atom. The highest BCUT2D eigenvalue weighted by atomic mass is 32.2. The minimum atomic E-state index is -3.07. The zero-order valence-electron chi connectivity index (χ0n) is 8.36. The van der Waals surface area contributed by atoms with E-state index in [0.29, 0.717) is 12.5 Å². The third-order valence-corrected chi connectivity index (χ3v) is 3.37. The van der Waals surface area contributed by atoms with E-state index in [1.54, 1.807) is 0 Å². The van der Waals surface area contributed by atoms with Crippen LogP contribution in [-0.4, -0.2) is 27.3 Å². The molecule has 14 heavy (non-hydrogen) atoms. The number of hydrogen-bond acceptors (Lipinski definition) is 3. The van der Waals surface area contributed by atoms with Crippen LogP contribution < -0.4 is 16.0 Å². The lowest BCUT2D eigenvalue weighted by atomic mass is 9.86. The first-order valence-corrected chi connectivity index (χ1v) is 6.74. The van der Waals surface area contributed by atoms with E-state index in [9.17, 15) is 8.42 Å². The first-order valence-electron chi connectivity index (χ1n) is 4.85. The summed E-state index contributed by atoms with van der Waals surface area (Å²) in [5.41, 5.74) is 2.16. The zero-order chi connectivity index (χ0) is 10.6. The van der Waals surface area contributed by atoms with Gasteiger partial charge in [-0.05, 0) is 37.4 Å². The number of rotatable bonds is 4. The molecule has 1 aliphatic rings. The van der Waals surface area contributed by atoms with E-state index in [1.807, 2.05) is 0 Å². The van der Waals surface area contributed by atoms with Crippen LogP contribution in [0.15, 0.2) is 0 Å². The van der Waals surface area contributed by atoms with Crippen LogP contribution in [0.3, 0.4) is 0 Å². The summed E-state index contributed by atoms with van der Waals surface area (Å²) in [6.45, 7) is 0.603. The van der Waals surface area contributed by atoms with Crippen LogP contribution in [0.2, 0.25) is 0 Å². The number of hydrogen-bond donors (Lipinski definition) is 2. The van der Waals surface area contributed by atoms with Gasteiger partial charge in [0.2, 0.25) is 10.0 Å². The lowest BCUT2D eigenvalue weighted by Gasteiger charge is -2.27. The smallest absolute Gasteiger partial charge is 0.208 e. The van der Waals surface area contributed by atoms with Crippen LogP contribution in [0.5, 0.6) is 0 Å². The molecule has 1 aliphatic carbocycles. The van der Waals surface area contributed by atoms with Crippen molar-refractivity contribution in [3.05, 3.63) is 0 Å². The summed E-state index contributed by atoms with van der Waals surface area (Å²) in [6, 6.07) is 0.0833. The summed E-state index contributed by atoms with van der Waals surface area (Å²) in [4.78, 5) is 0. The summed E-state index contributed by atoms with van der Waals surface area (Å²) in [5, 5.41) is 0.